The van der Waals surface area contributed by atoms with Crippen molar-refractivity contribution in [1.29, 1.82) is 0 Å². The topological polar surface area (TPSA) is 46.5 Å². The summed E-state index contributed by atoms with van der Waals surface area (Å²) < 4.78 is 40.2. The number of carbonyl (C=O) groups is 1. The number of aliphatic carboxylic acids is 1. The molecule has 12 heavy (non-hydrogen) atoms. The smallest absolute Gasteiger partial charge is 0.394 e. The molecule has 0 aromatic rings. The third-order valence-corrected chi connectivity index (χ3v) is 1.74. The van der Waals surface area contributed by atoms with Gasteiger partial charge in [-0.2, -0.15) is 13.2 Å². The SMILES string of the molecule is O=C(O)C1CC(C(F)(F)F)CO1. The zero-order chi connectivity index (χ0) is 9.35. The van der Waals surface area contributed by atoms with E-state index in [0.29, 0.717) is 0 Å². The largest absolute Gasteiger partial charge is 0.479 e. The first-order valence-corrected chi connectivity index (χ1v) is 3.32. The van der Waals surface area contributed by atoms with Gasteiger partial charge in [0.25, 0.3) is 0 Å². The molecule has 2 unspecified atom stereocenters. The highest BCUT2D eigenvalue weighted by Crippen LogP contribution is 2.34. The molecule has 1 aliphatic rings. The molecule has 0 aromatic carbocycles. The number of carboxylic acid groups (broad SMARTS) is 1. The second-order valence-corrected chi connectivity index (χ2v) is 2.63. The molecule has 0 radical (unpaired) electrons. The Bertz CT molecular complexity index is 189. The Hall–Kier alpha value is -0.780. The zero-order valence-corrected chi connectivity index (χ0v) is 5.97. The molecule has 1 fully saturated rings. The maximum atomic E-state index is 11.9. The van der Waals surface area contributed by atoms with Gasteiger partial charge in [0.2, 0.25) is 0 Å². The molecule has 0 spiro atoms. The third kappa shape index (κ3) is 1.88. The van der Waals surface area contributed by atoms with E-state index in [1.165, 1.54) is 0 Å². The fourth-order valence-corrected chi connectivity index (χ4v) is 1.03. The van der Waals surface area contributed by atoms with Gasteiger partial charge < -0.3 is 9.84 Å². The van der Waals surface area contributed by atoms with Gasteiger partial charge in [0.05, 0.1) is 12.5 Å². The zero-order valence-electron chi connectivity index (χ0n) is 5.97. The molecule has 1 rings (SSSR count). The van der Waals surface area contributed by atoms with Gasteiger partial charge in [-0.3, -0.25) is 0 Å². The number of alkyl halides is 3. The molecule has 6 heteroatoms. The fourth-order valence-electron chi connectivity index (χ4n) is 1.03. The summed E-state index contributed by atoms with van der Waals surface area (Å²) in [5, 5.41) is 8.30. The lowest BCUT2D eigenvalue weighted by molar-refractivity contribution is -0.173. The molecule has 1 N–H and O–H groups in total. The molecule has 0 saturated carbocycles. The van der Waals surface area contributed by atoms with Crippen LogP contribution in [0.3, 0.4) is 0 Å². The minimum Gasteiger partial charge on any atom is -0.479 e. The number of hydrogen-bond donors (Lipinski definition) is 1. The standard InChI is InChI=1S/C6H7F3O3/c7-6(8,9)3-1-4(5(10)11)12-2-3/h3-4H,1-2H2,(H,10,11). The summed E-state index contributed by atoms with van der Waals surface area (Å²) >= 11 is 0. The van der Waals surface area contributed by atoms with Crippen molar-refractivity contribution in [2.45, 2.75) is 18.7 Å². The normalized spacial score (nSPS) is 30.6. The highest BCUT2D eigenvalue weighted by Gasteiger charge is 2.46. The maximum Gasteiger partial charge on any atom is 0.394 e. The van der Waals surface area contributed by atoms with Crippen LogP contribution in [-0.2, 0) is 9.53 Å². The van der Waals surface area contributed by atoms with Crippen molar-refractivity contribution < 1.29 is 27.8 Å². The Morgan fingerprint density at radius 1 is 1.50 bits per heavy atom. The van der Waals surface area contributed by atoms with Gasteiger partial charge in [-0.1, -0.05) is 0 Å². The van der Waals surface area contributed by atoms with Crippen LogP contribution in [0.2, 0.25) is 0 Å². The van der Waals surface area contributed by atoms with Gasteiger partial charge in [0, 0.05) is 0 Å². The average Bonchev–Trinajstić information content (AvgIpc) is 2.30. The molecule has 70 valence electrons. The van der Waals surface area contributed by atoms with Gasteiger partial charge in [-0.25, -0.2) is 4.79 Å². The average molecular weight is 184 g/mol. The lowest BCUT2D eigenvalue weighted by Crippen LogP contribution is -2.24. The van der Waals surface area contributed by atoms with Gasteiger partial charge in [-0.05, 0) is 6.42 Å². The molecule has 1 aliphatic heterocycles. The van der Waals surface area contributed by atoms with Crippen LogP contribution >= 0.6 is 0 Å². The lowest BCUT2D eigenvalue weighted by Gasteiger charge is -2.11. The van der Waals surface area contributed by atoms with Crippen molar-refractivity contribution in [3.8, 4) is 0 Å². The van der Waals surface area contributed by atoms with E-state index in [9.17, 15) is 18.0 Å². The minimum atomic E-state index is -4.34. The number of halogens is 3. The van der Waals surface area contributed by atoms with Gasteiger partial charge in [-0.15, -0.1) is 0 Å². The minimum absolute atomic E-state index is 0.473. The molecular weight excluding hydrogens is 177 g/mol. The van der Waals surface area contributed by atoms with E-state index in [0.717, 1.165) is 0 Å². The molecular formula is C6H7F3O3. The number of hydrogen-bond acceptors (Lipinski definition) is 2. The lowest BCUT2D eigenvalue weighted by atomic mass is 10.1. The number of carboxylic acids is 1. The Morgan fingerprint density at radius 3 is 2.33 bits per heavy atom. The first-order chi connectivity index (χ1) is 5.41. The molecule has 0 amide bonds. The van der Waals surface area contributed by atoms with Crippen LogP contribution in [0.25, 0.3) is 0 Å². The summed E-state index contributed by atoms with van der Waals surface area (Å²) in [5.41, 5.74) is 0. The highest BCUT2D eigenvalue weighted by atomic mass is 19.4. The van der Waals surface area contributed by atoms with Crippen molar-refractivity contribution in [2.75, 3.05) is 6.61 Å². The van der Waals surface area contributed by atoms with Crippen LogP contribution in [-0.4, -0.2) is 30.0 Å². The predicted octanol–water partition coefficient (Wildman–Crippen LogP) is 1.04. The van der Waals surface area contributed by atoms with Crippen LogP contribution < -0.4 is 0 Å². The second kappa shape index (κ2) is 2.93. The Balaban J connectivity index is 2.51. The third-order valence-electron chi connectivity index (χ3n) is 1.74. The predicted molar refractivity (Wildman–Crippen MR) is 31.5 cm³/mol. The van der Waals surface area contributed by atoms with Crippen LogP contribution in [0.15, 0.2) is 0 Å². The summed E-state index contributed by atoms with van der Waals surface area (Å²) in [5.74, 6) is -2.96. The van der Waals surface area contributed by atoms with Crippen molar-refractivity contribution in [2.24, 2.45) is 5.92 Å². The number of rotatable bonds is 1. The van der Waals surface area contributed by atoms with E-state index in [2.05, 4.69) is 4.74 Å². The Labute approximate surface area is 66.1 Å². The van der Waals surface area contributed by atoms with Gasteiger partial charge >= 0.3 is 12.1 Å². The quantitative estimate of drug-likeness (QED) is 0.662. The second-order valence-electron chi connectivity index (χ2n) is 2.63. The maximum absolute atomic E-state index is 11.9. The van der Waals surface area contributed by atoms with Crippen LogP contribution in [0.1, 0.15) is 6.42 Å². The van der Waals surface area contributed by atoms with Gasteiger partial charge in [0.1, 0.15) is 0 Å². The van der Waals surface area contributed by atoms with Crippen molar-refractivity contribution in [3.05, 3.63) is 0 Å². The summed E-state index contributed by atoms with van der Waals surface area (Å²) in [6.07, 6.45) is -6.11. The van der Waals surface area contributed by atoms with Gasteiger partial charge in [0.15, 0.2) is 6.10 Å². The Morgan fingerprint density at radius 2 is 2.08 bits per heavy atom. The van der Waals surface area contributed by atoms with E-state index in [1.54, 1.807) is 0 Å². The van der Waals surface area contributed by atoms with Crippen LogP contribution in [0, 0.1) is 5.92 Å². The van der Waals surface area contributed by atoms with E-state index in [-0.39, 0.29) is 0 Å². The summed E-state index contributed by atoms with van der Waals surface area (Å²) in [7, 11) is 0. The van der Waals surface area contributed by atoms with E-state index < -0.39 is 37.2 Å². The molecule has 1 heterocycles. The molecule has 1 saturated heterocycles. The summed E-state index contributed by atoms with van der Waals surface area (Å²) in [4.78, 5) is 10.2. The van der Waals surface area contributed by atoms with Crippen molar-refractivity contribution >= 4 is 5.97 Å². The van der Waals surface area contributed by atoms with Crippen LogP contribution in [0.4, 0.5) is 13.2 Å². The van der Waals surface area contributed by atoms with Crippen molar-refractivity contribution in [1.82, 2.24) is 0 Å². The molecule has 0 aliphatic carbocycles. The number of ether oxygens (including phenoxy) is 1. The van der Waals surface area contributed by atoms with E-state index >= 15 is 0 Å². The molecule has 2 atom stereocenters. The van der Waals surface area contributed by atoms with Crippen LogP contribution in [0.5, 0.6) is 0 Å². The monoisotopic (exact) mass is 184 g/mol. The highest BCUT2D eigenvalue weighted by molar-refractivity contribution is 5.72. The summed E-state index contributed by atoms with van der Waals surface area (Å²) in [6.45, 7) is -0.541. The first kappa shape index (κ1) is 9.31. The Kier molecular flexibility index (Phi) is 2.27. The molecule has 0 bridgehead atoms. The molecule has 3 nitrogen and oxygen atoms in total. The summed E-state index contributed by atoms with van der Waals surface area (Å²) in [6, 6.07) is 0. The van der Waals surface area contributed by atoms with E-state index in [4.69, 9.17) is 5.11 Å². The first-order valence-electron chi connectivity index (χ1n) is 3.32. The van der Waals surface area contributed by atoms with E-state index in [1.807, 2.05) is 0 Å². The molecule has 0 aromatic heterocycles. The fraction of sp³-hybridized carbons (Fsp3) is 0.833. The van der Waals surface area contributed by atoms with Crippen molar-refractivity contribution in [3.63, 3.8) is 0 Å².